The second-order valence-electron chi connectivity index (χ2n) is 5.80. The zero-order chi connectivity index (χ0) is 17.1. The monoisotopic (exact) mass is 346 g/mol. The van der Waals surface area contributed by atoms with Crippen molar-refractivity contribution in [2.24, 2.45) is 5.73 Å². The molecule has 2 N–H and O–H groups in total. The average Bonchev–Trinajstić information content (AvgIpc) is 2.96. The first-order valence-electron chi connectivity index (χ1n) is 7.74. The maximum Gasteiger partial charge on any atom is 0.414 e. The first kappa shape index (κ1) is 16.6. The summed E-state index contributed by atoms with van der Waals surface area (Å²) < 4.78 is 11.0. The summed E-state index contributed by atoms with van der Waals surface area (Å²) in [7, 11) is 0. The fourth-order valence-electron chi connectivity index (χ4n) is 2.48. The van der Waals surface area contributed by atoms with Gasteiger partial charge in [0.15, 0.2) is 0 Å². The molecule has 0 aromatic heterocycles. The molecule has 2 atom stereocenters. The normalized spacial score (nSPS) is 18.4. The Bertz CT molecular complexity index is 718. The van der Waals surface area contributed by atoms with Gasteiger partial charge in [-0.05, 0) is 48.9 Å². The molecule has 0 saturated carbocycles. The van der Waals surface area contributed by atoms with E-state index in [4.69, 9.17) is 26.8 Å². The van der Waals surface area contributed by atoms with Crippen molar-refractivity contribution in [1.82, 2.24) is 0 Å². The Morgan fingerprint density at radius 1 is 1.33 bits per heavy atom. The van der Waals surface area contributed by atoms with Crippen LogP contribution in [-0.4, -0.2) is 24.8 Å². The number of hydrogen-bond donors (Lipinski definition) is 1. The third kappa shape index (κ3) is 3.80. The molecule has 2 unspecified atom stereocenters. The summed E-state index contributed by atoms with van der Waals surface area (Å²) in [5, 5.41) is 0.683. The molecule has 5 nitrogen and oxygen atoms in total. The summed E-state index contributed by atoms with van der Waals surface area (Å²) >= 11 is 5.95. The van der Waals surface area contributed by atoms with E-state index < -0.39 is 0 Å². The molecule has 3 rings (SSSR count). The van der Waals surface area contributed by atoms with Crippen LogP contribution in [0.15, 0.2) is 48.5 Å². The number of rotatable bonds is 5. The van der Waals surface area contributed by atoms with Crippen LogP contribution in [0, 0.1) is 0 Å². The van der Waals surface area contributed by atoms with Gasteiger partial charge in [0.2, 0.25) is 0 Å². The molecule has 0 aliphatic carbocycles. The number of nitrogens with two attached hydrogens (primary N) is 1. The van der Waals surface area contributed by atoms with Crippen molar-refractivity contribution in [2.45, 2.75) is 25.7 Å². The Kier molecular flexibility index (Phi) is 4.92. The first-order chi connectivity index (χ1) is 11.5. The standard InChI is InChI=1S/C18H19ClN2O3/c1-12(20)17-10-21(18(22)24-17)15-5-7-16(8-6-15)23-11-13-3-2-4-14(19)9-13/h2-9,12,17H,10-11,20H2,1H3. The largest absolute Gasteiger partial charge is 0.489 e. The van der Waals surface area contributed by atoms with E-state index in [-0.39, 0.29) is 18.2 Å². The highest BCUT2D eigenvalue weighted by atomic mass is 35.5. The zero-order valence-electron chi connectivity index (χ0n) is 13.3. The van der Waals surface area contributed by atoms with Gasteiger partial charge in [-0.15, -0.1) is 0 Å². The minimum Gasteiger partial charge on any atom is -0.489 e. The van der Waals surface area contributed by atoms with Crippen LogP contribution in [0.4, 0.5) is 10.5 Å². The Balaban J connectivity index is 1.62. The lowest BCUT2D eigenvalue weighted by atomic mass is 10.2. The van der Waals surface area contributed by atoms with Crippen molar-refractivity contribution in [2.75, 3.05) is 11.4 Å². The van der Waals surface area contributed by atoms with E-state index in [1.165, 1.54) is 0 Å². The number of cyclic esters (lactones) is 1. The number of ether oxygens (including phenoxy) is 2. The van der Waals surface area contributed by atoms with Gasteiger partial charge in [0.25, 0.3) is 0 Å². The Morgan fingerprint density at radius 3 is 2.71 bits per heavy atom. The second kappa shape index (κ2) is 7.11. The quantitative estimate of drug-likeness (QED) is 0.898. The highest BCUT2D eigenvalue weighted by molar-refractivity contribution is 6.30. The molecule has 2 aromatic carbocycles. The minimum absolute atomic E-state index is 0.195. The van der Waals surface area contributed by atoms with Gasteiger partial charge < -0.3 is 15.2 Å². The van der Waals surface area contributed by atoms with Gasteiger partial charge in [-0.2, -0.15) is 0 Å². The van der Waals surface area contributed by atoms with Crippen LogP contribution < -0.4 is 15.4 Å². The Labute approximate surface area is 145 Å². The molecule has 0 bridgehead atoms. The summed E-state index contributed by atoms with van der Waals surface area (Å²) in [5.41, 5.74) is 7.55. The van der Waals surface area contributed by atoms with Gasteiger partial charge in [0.1, 0.15) is 18.5 Å². The van der Waals surface area contributed by atoms with Crippen LogP contribution in [0.25, 0.3) is 0 Å². The molecule has 1 aliphatic heterocycles. The molecule has 1 heterocycles. The topological polar surface area (TPSA) is 64.8 Å². The number of amides is 1. The summed E-state index contributed by atoms with van der Waals surface area (Å²) in [6.07, 6.45) is -0.652. The lowest BCUT2D eigenvalue weighted by molar-refractivity contribution is 0.130. The second-order valence-corrected chi connectivity index (χ2v) is 6.24. The van der Waals surface area contributed by atoms with Gasteiger partial charge in [-0.25, -0.2) is 4.79 Å². The molecule has 6 heteroatoms. The van der Waals surface area contributed by atoms with Crippen molar-refractivity contribution in [3.05, 3.63) is 59.1 Å². The van der Waals surface area contributed by atoms with Crippen LogP contribution in [0.1, 0.15) is 12.5 Å². The predicted molar refractivity (Wildman–Crippen MR) is 93.5 cm³/mol. The van der Waals surface area contributed by atoms with E-state index in [1.54, 1.807) is 4.90 Å². The minimum atomic E-state index is -0.370. The van der Waals surface area contributed by atoms with Crippen LogP contribution in [0.2, 0.25) is 5.02 Å². The zero-order valence-corrected chi connectivity index (χ0v) is 14.1. The predicted octanol–water partition coefficient (Wildman–Crippen LogP) is 3.59. The molecule has 2 aromatic rings. The molecule has 1 aliphatic rings. The Morgan fingerprint density at radius 2 is 2.08 bits per heavy atom. The third-order valence-electron chi connectivity index (χ3n) is 3.86. The van der Waals surface area contributed by atoms with Gasteiger partial charge in [-0.3, -0.25) is 4.90 Å². The fraction of sp³-hybridized carbons (Fsp3) is 0.278. The fourth-order valence-corrected chi connectivity index (χ4v) is 2.70. The number of anilines is 1. The Hall–Kier alpha value is -2.24. The lowest BCUT2D eigenvalue weighted by Crippen LogP contribution is -2.35. The number of hydrogen-bond acceptors (Lipinski definition) is 4. The van der Waals surface area contributed by atoms with Crippen molar-refractivity contribution in [3.8, 4) is 5.75 Å². The van der Waals surface area contributed by atoms with E-state index in [1.807, 2.05) is 55.5 Å². The summed E-state index contributed by atoms with van der Waals surface area (Å²) in [6, 6.07) is 14.6. The molecular weight excluding hydrogens is 328 g/mol. The smallest absolute Gasteiger partial charge is 0.414 e. The van der Waals surface area contributed by atoms with Gasteiger partial charge in [0.05, 0.1) is 6.54 Å². The molecule has 24 heavy (non-hydrogen) atoms. The van der Waals surface area contributed by atoms with Crippen LogP contribution in [0.5, 0.6) is 5.75 Å². The van der Waals surface area contributed by atoms with E-state index >= 15 is 0 Å². The molecule has 0 radical (unpaired) electrons. The molecular formula is C18H19ClN2O3. The number of benzene rings is 2. The molecule has 1 saturated heterocycles. The van der Waals surface area contributed by atoms with Crippen molar-refractivity contribution >= 4 is 23.4 Å². The number of carbonyl (C=O) groups is 1. The SMILES string of the molecule is CC(N)C1CN(c2ccc(OCc3cccc(Cl)c3)cc2)C(=O)O1. The van der Waals surface area contributed by atoms with Crippen molar-refractivity contribution in [3.63, 3.8) is 0 Å². The number of halogens is 1. The average molecular weight is 347 g/mol. The number of nitrogens with zero attached hydrogens (tertiary/aromatic N) is 1. The summed E-state index contributed by atoms with van der Waals surface area (Å²) in [4.78, 5) is 13.5. The lowest BCUT2D eigenvalue weighted by Gasteiger charge is -2.15. The maximum atomic E-state index is 11.9. The van der Waals surface area contributed by atoms with Crippen LogP contribution in [0.3, 0.4) is 0 Å². The third-order valence-corrected chi connectivity index (χ3v) is 4.10. The van der Waals surface area contributed by atoms with Gasteiger partial charge in [0, 0.05) is 16.8 Å². The maximum absolute atomic E-state index is 11.9. The number of carbonyl (C=O) groups excluding carboxylic acids is 1. The van der Waals surface area contributed by atoms with E-state index in [9.17, 15) is 4.79 Å². The van der Waals surface area contributed by atoms with E-state index in [0.29, 0.717) is 18.2 Å². The van der Waals surface area contributed by atoms with Crippen LogP contribution >= 0.6 is 11.6 Å². The highest BCUT2D eigenvalue weighted by Crippen LogP contribution is 2.25. The molecule has 1 fully saturated rings. The van der Waals surface area contributed by atoms with Crippen LogP contribution in [-0.2, 0) is 11.3 Å². The molecule has 126 valence electrons. The summed E-state index contributed by atoms with van der Waals surface area (Å²) in [5.74, 6) is 0.718. The summed E-state index contributed by atoms with van der Waals surface area (Å²) in [6.45, 7) is 2.71. The molecule has 0 spiro atoms. The van der Waals surface area contributed by atoms with Gasteiger partial charge >= 0.3 is 6.09 Å². The molecule has 1 amide bonds. The van der Waals surface area contributed by atoms with E-state index in [2.05, 4.69) is 0 Å². The first-order valence-corrected chi connectivity index (χ1v) is 8.12. The van der Waals surface area contributed by atoms with E-state index in [0.717, 1.165) is 17.0 Å². The van der Waals surface area contributed by atoms with Gasteiger partial charge in [-0.1, -0.05) is 23.7 Å². The van der Waals surface area contributed by atoms with Crippen molar-refractivity contribution < 1.29 is 14.3 Å². The highest BCUT2D eigenvalue weighted by Gasteiger charge is 2.34. The van der Waals surface area contributed by atoms with Crippen molar-refractivity contribution in [1.29, 1.82) is 0 Å².